The lowest BCUT2D eigenvalue weighted by Crippen LogP contribution is -2.06. The normalized spacial score (nSPS) is 10.3. The van der Waals surface area contributed by atoms with Crippen LogP contribution in [0.4, 0.5) is 28.8 Å². The maximum atomic E-state index is 11.1. The van der Waals surface area contributed by atoms with Gasteiger partial charge in [0.1, 0.15) is 5.82 Å². The molecule has 6 nitrogen and oxygen atoms in total. The number of amides is 1. The number of para-hydroxylation sites is 1. The van der Waals surface area contributed by atoms with Crippen molar-refractivity contribution in [2.75, 3.05) is 16.0 Å². The lowest BCUT2D eigenvalue weighted by Gasteiger charge is -2.12. The maximum absolute atomic E-state index is 11.1. The fraction of sp³-hybridized carbons (Fsp3) is 0.150. The van der Waals surface area contributed by atoms with Gasteiger partial charge in [0.15, 0.2) is 0 Å². The molecule has 0 aliphatic carbocycles. The van der Waals surface area contributed by atoms with E-state index >= 15 is 0 Å². The first-order valence-corrected chi connectivity index (χ1v) is 8.32. The van der Waals surface area contributed by atoms with E-state index in [1.54, 1.807) is 0 Å². The molecule has 26 heavy (non-hydrogen) atoms. The summed E-state index contributed by atoms with van der Waals surface area (Å²) in [6.45, 7) is 5.46. The molecule has 3 rings (SSSR count). The summed E-state index contributed by atoms with van der Waals surface area (Å²) in [6, 6.07) is 17.3. The molecule has 1 heterocycles. The van der Waals surface area contributed by atoms with E-state index in [0.29, 0.717) is 5.95 Å². The van der Waals surface area contributed by atoms with E-state index in [9.17, 15) is 4.79 Å². The quantitative estimate of drug-likeness (QED) is 0.631. The van der Waals surface area contributed by atoms with E-state index in [1.165, 1.54) is 6.92 Å². The smallest absolute Gasteiger partial charge is 0.229 e. The van der Waals surface area contributed by atoms with Crippen LogP contribution in [-0.4, -0.2) is 15.9 Å². The molecule has 0 radical (unpaired) electrons. The molecule has 0 atom stereocenters. The monoisotopic (exact) mass is 347 g/mol. The van der Waals surface area contributed by atoms with Gasteiger partial charge >= 0.3 is 0 Å². The summed E-state index contributed by atoms with van der Waals surface area (Å²) in [7, 11) is 0. The number of aryl methyl sites for hydroxylation is 2. The van der Waals surface area contributed by atoms with Crippen molar-refractivity contribution in [3.8, 4) is 0 Å². The number of nitrogens with zero attached hydrogens (tertiary/aromatic N) is 2. The molecule has 0 aliphatic rings. The van der Waals surface area contributed by atoms with Gasteiger partial charge in [-0.05, 0) is 49.7 Å². The van der Waals surface area contributed by atoms with Gasteiger partial charge in [0.25, 0.3) is 0 Å². The minimum Gasteiger partial charge on any atom is -0.340 e. The van der Waals surface area contributed by atoms with E-state index in [1.807, 2.05) is 68.4 Å². The number of anilines is 5. The highest BCUT2D eigenvalue weighted by Gasteiger charge is 2.05. The first-order valence-electron chi connectivity index (χ1n) is 8.32. The van der Waals surface area contributed by atoms with Crippen LogP contribution in [0.2, 0.25) is 0 Å². The van der Waals surface area contributed by atoms with Crippen molar-refractivity contribution in [3.63, 3.8) is 0 Å². The highest BCUT2D eigenvalue weighted by atomic mass is 16.1. The lowest BCUT2D eigenvalue weighted by atomic mass is 10.2. The fourth-order valence-corrected chi connectivity index (χ4v) is 2.51. The van der Waals surface area contributed by atoms with E-state index in [2.05, 4.69) is 25.9 Å². The Balaban J connectivity index is 1.77. The molecule has 0 aliphatic heterocycles. The molecular formula is C20H21N5O. The second-order valence-electron chi connectivity index (χ2n) is 6.04. The zero-order valence-corrected chi connectivity index (χ0v) is 15.0. The highest BCUT2D eigenvalue weighted by Crippen LogP contribution is 2.22. The minimum absolute atomic E-state index is 0.0975. The Morgan fingerprint density at radius 2 is 1.58 bits per heavy atom. The van der Waals surface area contributed by atoms with Crippen LogP contribution in [0.5, 0.6) is 0 Å². The van der Waals surface area contributed by atoms with Crippen molar-refractivity contribution in [2.45, 2.75) is 20.8 Å². The van der Waals surface area contributed by atoms with Crippen LogP contribution in [0.15, 0.2) is 54.6 Å². The van der Waals surface area contributed by atoms with Crippen molar-refractivity contribution in [2.24, 2.45) is 0 Å². The predicted octanol–water partition coefficient (Wildman–Crippen LogP) is 4.54. The number of carbonyl (C=O) groups excluding carboxylic acids is 1. The van der Waals surface area contributed by atoms with Gasteiger partial charge in [-0.1, -0.05) is 18.2 Å². The highest BCUT2D eigenvalue weighted by molar-refractivity contribution is 5.88. The fourth-order valence-electron chi connectivity index (χ4n) is 2.51. The van der Waals surface area contributed by atoms with Crippen molar-refractivity contribution in [1.29, 1.82) is 0 Å². The van der Waals surface area contributed by atoms with E-state index in [-0.39, 0.29) is 5.91 Å². The summed E-state index contributed by atoms with van der Waals surface area (Å²) in [5.41, 5.74) is 4.60. The average Bonchev–Trinajstić information content (AvgIpc) is 2.58. The summed E-state index contributed by atoms with van der Waals surface area (Å²) in [5, 5.41) is 9.26. The molecule has 0 spiro atoms. The number of benzene rings is 2. The number of aromatic nitrogens is 2. The number of rotatable bonds is 5. The van der Waals surface area contributed by atoms with Crippen molar-refractivity contribution in [1.82, 2.24) is 9.97 Å². The van der Waals surface area contributed by atoms with E-state index < -0.39 is 0 Å². The van der Waals surface area contributed by atoms with Gasteiger partial charge in [0, 0.05) is 35.7 Å². The van der Waals surface area contributed by atoms with E-state index in [0.717, 1.165) is 34.1 Å². The topological polar surface area (TPSA) is 78.9 Å². The molecule has 1 amide bonds. The number of hydrogen-bond acceptors (Lipinski definition) is 5. The molecule has 2 aromatic carbocycles. The largest absolute Gasteiger partial charge is 0.340 e. The van der Waals surface area contributed by atoms with Crippen molar-refractivity contribution < 1.29 is 4.79 Å². The van der Waals surface area contributed by atoms with Gasteiger partial charge in [0.05, 0.1) is 0 Å². The Bertz CT molecular complexity index is 922. The second-order valence-corrected chi connectivity index (χ2v) is 6.04. The minimum atomic E-state index is -0.0975. The van der Waals surface area contributed by atoms with Gasteiger partial charge in [-0.3, -0.25) is 4.79 Å². The first-order chi connectivity index (χ1) is 12.5. The number of nitrogens with one attached hydrogen (secondary N) is 3. The number of carbonyl (C=O) groups is 1. The Hall–Kier alpha value is -3.41. The standard InChI is InChI=1S/C20H21N5O/c1-13-6-4-5-7-18(13)24-19-12-14(2)21-20(25-19)23-17-10-8-16(9-11-17)22-15(3)26/h4-12H,1-3H3,(H,22,26)(H2,21,23,24,25). The third kappa shape index (κ3) is 4.57. The van der Waals surface area contributed by atoms with E-state index in [4.69, 9.17) is 0 Å². The zero-order chi connectivity index (χ0) is 18.5. The maximum Gasteiger partial charge on any atom is 0.229 e. The Morgan fingerprint density at radius 3 is 2.27 bits per heavy atom. The van der Waals surface area contributed by atoms with Crippen LogP contribution >= 0.6 is 0 Å². The Morgan fingerprint density at radius 1 is 0.885 bits per heavy atom. The summed E-state index contributed by atoms with van der Waals surface area (Å²) in [6.07, 6.45) is 0. The molecular weight excluding hydrogens is 326 g/mol. The van der Waals surface area contributed by atoms with Gasteiger partial charge < -0.3 is 16.0 Å². The molecule has 3 aromatic rings. The summed E-state index contributed by atoms with van der Waals surface area (Å²) >= 11 is 0. The molecule has 0 unspecified atom stereocenters. The third-order valence-electron chi connectivity index (χ3n) is 3.72. The molecule has 6 heteroatoms. The van der Waals surface area contributed by atoms with Crippen molar-refractivity contribution >= 4 is 34.7 Å². The summed E-state index contributed by atoms with van der Waals surface area (Å²) in [4.78, 5) is 20.0. The number of hydrogen-bond donors (Lipinski definition) is 3. The van der Waals surface area contributed by atoms with Gasteiger partial charge in [-0.2, -0.15) is 4.98 Å². The van der Waals surface area contributed by atoms with Gasteiger partial charge in [-0.25, -0.2) is 4.98 Å². The molecule has 0 saturated heterocycles. The summed E-state index contributed by atoms with van der Waals surface area (Å²) < 4.78 is 0. The van der Waals surface area contributed by atoms with Crippen LogP contribution in [-0.2, 0) is 4.79 Å². The molecule has 0 saturated carbocycles. The first kappa shape index (κ1) is 17.4. The van der Waals surface area contributed by atoms with Crippen LogP contribution in [0.3, 0.4) is 0 Å². The van der Waals surface area contributed by atoms with Crippen LogP contribution in [0.25, 0.3) is 0 Å². The average molecular weight is 347 g/mol. The second kappa shape index (κ2) is 7.65. The zero-order valence-electron chi connectivity index (χ0n) is 15.0. The Kier molecular flexibility index (Phi) is 5.12. The molecule has 3 N–H and O–H groups in total. The summed E-state index contributed by atoms with van der Waals surface area (Å²) in [5.74, 6) is 1.14. The lowest BCUT2D eigenvalue weighted by molar-refractivity contribution is -0.114. The van der Waals surface area contributed by atoms with Gasteiger partial charge in [-0.15, -0.1) is 0 Å². The van der Waals surface area contributed by atoms with Crippen LogP contribution in [0.1, 0.15) is 18.2 Å². The SMILES string of the molecule is CC(=O)Nc1ccc(Nc2nc(C)cc(Nc3ccccc3C)n2)cc1. The molecule has 0 bridgehead atoms. The third-order valence-corrected chi connectivity index (χ3v) is 3.72. The molecule has 0 fully saturated rings. The van der Waals surface area contributed by atoms with Gasteiger partial charge in [0.2, 0.25) is 11.9 Å². The van der Waals surface area contributed by atoms with Crippen LogP contribution < -0.4 is 16.0 Å². The Labute approximate surface area is 152 Å². The molecule has 1 aromatic heterocycles. The molecule has 132 valence electrons. The predicted molar refractivity (Wildman–Crippen MR) is 105 cm³/mol. The van der Waals surface area contributed by atoms with Crippen LogP contribution in [0, 0.1) is 13.8 Å². The van der Waals surface area contributed by atoms with Crippen molar-refractivity contribution in [3.05, 3.63) is 65.9 Å².